The van der Waals surface area contributed by atoms with Crippen molar-refractivity contribution in [2.45, 2.75) is 6.92 Å². The zero-order valence-electron chi connectivity index (χ0n) is 10.8. The molecule has 20 heavy (non-hydrogen) atoms. The first-order valence-corrected chi connectivity index (χ1v) is 7.57. The molecule has 1 heterocycles. The van der Waals surface area contributed by atoms with Gasteiger partial charge in [0.15, 0.2) is 6.61 Å². The van der Waals surface area contributed by atoms with Gasteiger partial charge in [0.25, 0.3) is 5.91 Å². The van der Waals surface area contributed by atoms with Crippen molar-refractivity contribution in [1.29, 1.82) is 0 Å². The van der Waals surface area contributed by atoms with E-state index in [1.807, 2.05) is 42.6 Å². The first kappa shape index (κ1) is 14.7. The van der Waals surface area contributed by atoms with Crippen LogP contribution in [0.3, 0.4) is 0 Å². The summed E-state index contributed by atoms with van der Waals surface area (Å²) in [5, 5.41) is 5.81. The van der Waals surface area contributed by atoms with Crippen molar-refractivity contribution in [3.8, 4) is 5.75 Å². The molecule has 0 bridgehead atoms. The van der Waals surface area contributed by atoms with E-state index in [1.54, 1.807) is 17.6 Å². The van der Waals surface area contributed by atoms with Gasteiger partial charge in [-0.1, -0.05) is 22.0 Å². The molecule has 4 nitrogen and oxygen atoms in total. The molecule has 0 unspecified atom stereocenters. The molecular weight excluding hydrogens is 340 g/mol. The molecule has 0 aliphatic heterocycles. The van der Waals surface area contributed by atoms with Crippen molar-refractivity contribution in [3.63, 3.8) is 0 Å². The number of halogens is 1. The summed E-state index contributed by atoms with van der Waals surface area (Å²) < 4.78 is 6.42. The number of ether oxygens (including phenoxy) is 1. The Balaban J connectivity index is 1.80. The zero-order valence-corrected chi connectivity index (χ0v) is 13.2. The van der Waals surface area contributed by atoms with Gasteiger partial charge in [-0.15, -0.1) is 11.3 Å². The molecule has 2 rings (SSSR count). The minimum absolute atomic E-state index is 0.0652. The average molecular weight is 353 g/mol. The topological polar surface area (TPSA) is 50.7 Å². The number of hydrogen-bond donors (Lipinski definition) is 1. The fraction of sp³-hybridized carbons (Fsp3) is 0.143. The van der Waals surface area contributed by atoms with Gasteiger partial charge >= 0.3 is 0 Å². The number of thiophene rings is 1. The van der Waals surface area contributed by atoms with Gasteiger partial charge in [-0.2, -0.15) is 5.10 Å². The second-order valence-electron chi connectivity index (χ2n) is 4.01. The van der Waals surface area contributed by atoms with Crippen molar-refractivity contribution in [3.05, 3.63) is 50.6 Å². The van der Waals surface area contributed by atoms with Crippen LogP contribution in [0.4, 0.5) is 0 Å². The Morgan fingerprint density at radius 3 is 3.05 bits per heavy atom. The first-order chi connectivity index (χ1) is 9.65. The lowest BCUT2D eigenvalue weighted by Crippen LogP contribution is -2.24. The molecule has 0 fully saturated rings. The summed E-state index contributed by atoms with van der Waals surface area (Å²) in [7, 11) is 0. The van der Waals surface area contributed by atoms with Gasteiger partial charge in [0.2, 0.25) is 0 Å². The molecule has 1 aromatic heterocycles. The SMILES string of the molecule is Cc1cc(Br)ccc1OCC(=O)NN=Cc1cccs1. The van der Waals surface area contributed by atoms with E-state index in [9.17, 15) is 4.79 Å². The maximum atomic E-state index is 11.6. The molecular formula is C14H13BrN2O2S. The Hall–Kier alpha value is -1.66. The number of benzene rings is 1. The number of hydrazone groups is 1. The molecule has 0 atom stereocenters. The Morgan fingerprint density at radius 1 is 1.50 bits per heavy atom. The molecule has 0 saturated heterocycles. The fourth-order valence-corrected chi connectivity index (χ4v) is 2.54. The Bertz CT molecular complexity index is 612. The van der Waals surface area contributed by atoms with Crippen LogP contribution in [0.5, 0.6) is 5.75 Å². The maximum absolute atomic E-state index is 11.6. The fourth-order valence-electron chi connectivity index (χ4n) is 1.48. The third-order valence-corrected chi connectivity index (χ3v) is 3.72. The highest BCUT2D eigenvalue weighted by molar-refractivity contribution is 9.10. The predicted molar refractivity (Wildman–Crippen MR) is 84.4 cm³/mol. The summed E-state index contributed by atoms with van der Waals surface area (Å²) in [4.78, 5) is 12.5. The number of nitrogens with zero attached hydrogens (tertiary/aromatic N) is 1. The number of aryl methyl sites for hydroxylation is 1. The molecule has 1 aromatic carbocycles. The van der Waals surface area contributed by atoms with Crippen LogP contribution in [0, 0.1) is 6.92 Å². The van der Waals surface area contributed by atoms with Gasteiger partial charge in [-0.3, -0.25) is 4.79 Å². The predicted octanol–water partition coefficient (Wildman–Crippen LogP) is 3.35. The van der Waals surface area contributed by atoms with E-state index in [0.29, 0.717) is 5.75 Å². The minimum atomic E-state index is -0.292. The molecule has 0 spiro atoms. The smallest absolute Gasteiger partial charge is 0.277 e. The summed E-state index contributed by atoms with van der Waals surface area (Å²) in [6.07, 6.45) is 1.60. The molecule has 0 saturated carbocycles. The van der Waals surface area contributed by atoms with Gasteiger partial charge < -0.3 is 4.74 Å². The summed E-state index contributed by atoms with van der Waals surface area (Å²) in [6.45, 7) is 1.86. The highest BCUT2D eigenvalue weighted by Crippen LogP contribution is 2.21. The van der Waals surface area contributed by atoms with Crippen molar-refractivity contribution in [2.24, 2.45) is 5.10 Å². The maximum Gasteiger partial charge on any atom is 0.277 e. The van der Waals surface area contributed by atoms with Gasteiger partial charge in [-0.05, 0) is 42.1 Å². The Kier molecular flexibility index (Phi) is 5.31. The summed E-state index contributed by atoms with van der Waals surface area (Å²) in [5.74, 6) is 0.394. The lowest BCUT2D eigenvalue weighted by atomic mass is 10.2. The van der Waals surface area contributed by atoms with Gasteiger partial charge in [0, 0.05) is 9.35 Å². The Labute approximate surface area is 129 Å². The molecule has 2 aromatic rings. The van der Waals surface area contributed by atoms with E-state index in [4.69, 9.17) is 4.74 Å². The molecule has 104 valence electrons. The monoisotopic (exact) mass is 352 g/mol. The van der Waals surface area contributed by atoms with E-state index < -0.39 is 0 Å². The lowest BCUT2D eigenvalue weighted by molar-refractivity contribution is -0.123. The third-order valence-electron chi connectivity index (χ3n) is 2.42. The quantitative estimate of drug-likeness (QED) is 0.662. The second-order valence-corrected chi connectivity index (χ2v) is 5.90. The highest BCUT2D eigenvalue weighted by atomic mass is 79.9. The molecule has 0 aliphatic rings. The number of carbonyl (C=O) groups excluding carboxylic acids is 1. The average Bonchev–Trinajstić information content (AvgIpc) is 2.91. The van der Waals surface area contributed by atoms with E-state index in [1.165, 1.54) is 0 Å². The molecule has 6 heteroatoms. The van der Waals surface area contributed by atoms with E-state index in [2.05, 4.69) is 26.5 Å². The molecule has 0 aliphatic carbocycles. The number of amides is 1. The number of rotatable bonds is 5. The molecule has 1 amide bonds. The third kappa shape index (κ3) is 4.47. The van der Waals surface area contributed by atoms with Crippen LogP contribution in [0.15, 0.2) is 45.3 Å². The number of nitrogens with one attached hydrogen (secondary N) is 1. The van der Waals surface area contributed by atoms with Crippen molar-refractivity contribution >= 4 is 39.4 Å². The second kappa shape index (κ2) is 7.21. The van der Waals surface area contributed by atoms with Gasteiger partial charge in [0.05, 0.1) is 6.21 Å². The zero-order chi connectivity index (χ0) is 14.4. The summed E-state index contributed by atoms with van der Waals surface area (Å²) in [6, 6.07) is 9.47. The summed E-state index contributed by atoms with van der Waals surface area (Å²) >= 11 is 4.93. The van der Waals surface area contributed by atoms with Crippen molar-refractivity contribution < 1.29 is 9.53 Å². The van der Waals surface area contributed by atoms with Crippen molar-refractivity contribution in [1.82, 2.24) is 5.43 Å². The van der Waals surface area contributed by atoms with Gasteiger partial charge in [-0.25, -0.2) is 5.43 Å². The standard InChI is InChI=1S/C14H13BrN2O2S/c1-10-7-11(15)4-5-13(10)19-9-14(18)17-16-8-12-3-2-6-20-12/h2-8H,9H2,1H3,(H,17,18). The van der Waals surface area contributed by atoms with Crippen LogP contribution in [0.1, 0.15) is 10.4 Å². The van der Waals surface area contributed by atoms with Crippen LogP contribution >= 0.6 is 27.3 Å². The molecule has 0 radical (unpaired) electrons. The van der Waals surface area contributed by atoms with Crippen LogP contribution < -0.4 is 10.2 Å². The highest BCUT2D eigenvalue weighted by Gasteiger charge is 2.04. The molecule has 1 N–H and O–H groups in total. The largest absolute Gasteiger partial charge is 0.483 e. The van der Waals surface area contributed by atoms with E-state index in [-0.39, 0.29) is 12.5 Å². The van der Waals surface area contributed by atoms with Crippen molar-refractivity contribution in [2.75, 3.05) is 6.61 Å². The normalized spacial score (nSPS) is 10.7. The van der Waals surface area contributed by atoms with E-state index in [0.717, 1.165) is 14.9 Å². The van der Waals surface area contributed by atoms with E-state index >= 15 is 0 Å². The summed E-state index contributed by atoms with van der Waals surface area (Å²) in [5.41, 5.74) is 3.39. The minimum Gasteiger partial charge on any atom is -0.483 e. The van der Waals surface area contributed by atoms with Crippen LogP contribution in [-0.4, -0.2) is 18.7 Å². The van der Waals surface area contributed by atoms with Gasteiger partial charge in [0.1, 0.15) is 5.75 Å². The number of hydrogen-bond acceptors (Lipinski definition) is 4. The Morgan fingerprint density at radius 2 is 2.35 bits per heavy atom. The van der Waals surface area contributed by atoms with Crippen LogP contribution in [0.2, 0.25) is 0 Å². The number of carbonyl (C=O) groups is 1. The lowest BCUT2D eigenvalue weighted by Gasteiger charge is -2.08. The van der Waals surface area contributed by atoms with Crippen LogP contribution in [0.25, 0.3) is 0 Å². The first-order valence-electron chi connectivity index (χ1n) is 5.89. The van der Waals surface area contributed by atoms with Crippen LogP contribution in [-0.2, 0) is 4.79 Å².